The minimum absolute atomic E-state index is 0.0359. The molecule has 0 aliphatic heterocycles. The van der Waals surface area contributed by atoms with Gasteiger partial charge in [-0.15, -0.1) is 0 Å². The predicted octanol–water partition coefficient (Wildman–Crippen LogP) is 3.70. The molecule has 1 aliphatic carbocycles. The average Bonchev–Trinajstić information content (AvgIpc) is 2.53. The van der Waals surface area contributed by atoms with Crippen molar-refractivity contribution in [3.05, 3.63) is 69.3 Å². The van der Waals surface area contributed by atoms with Crippen molar-refractivity contribution in [2.24, 2.45) is 0 Å². The van der Waals surface area contributed by atoms with Crippen LogP contribution in [0.25, 0.3) is 0 Å². The topological polar surface area (TPSA) is 76.2 Å². The van der Waals surface area contributed by atoms with Gasteiger partial charge in [0.1, 0.15) is 5.75 Å². The highest BCUT2D eigenvalue weighted by molar-refractivity contribution is 5.87. The van der Waals surface area contributed by atoms with Crippen LogP contribution in [0.3, 0.4) is 0 Å². The van der Waals surface area contributed by atoms with E-state index in [2.05, 4.69) is 0 Å². The zero-order chi connectivity index (χ0) is 15.7. The molecule has 3 rings (SSSR count). The lowest BCUT2D eigenvalue weighted by Gasteiger charge is -2.27. The van der Waals surface area contributed by atoms with Crippen molar-refractivity contribution in [2.45, 2.75) is 18.8 Å². The van der Waals surface area contributed by atoms with E-state index in [0.29, 0.717) is 18.6 Å². The molecule has 0 aromatic heterocycles. The fourth-order valence-electron chi connectivity index (χ4n) is 3.00. The summed E-state index contributed by atoms with van der Waals surface area (Å²) in [6, 6.07) is 12.5. The molecule has 112 valence electrons. The van der Waals surface area contributed by atoms with Crippen LogP contribution in [-0.4, -0.2) is 17.7 Å². The summed E-state index contributed by atoms with van der Waals surface area (Å²) in [5, 5.41) is 19.1. The summed E-state index contributed by atoms with van der Waals surface area (Å²) in [5.41, 5.74) is 3.78. The van der Waals surface area contributed by atoms with Gasteiger partial charge < -0.3 is 10.1 Å². The van der Waals surface area contributed by atoms with E-state index in [-0.39, 0.29) is 16.5 Å². The third-order valence-electron chi connectivity index (χ3n) is 4.07. The van der Waals surface area contributed by atoms with Crippen molar-refractivity contribution in [1.82, 2.24) is 0 Å². The minimum Gasteiger partial charge on any atom is -0.497 e. The summed E-state index contributed by atoms with van der Waals surface area (Å²) in [5.74, 6) is 0.730. The fraction of sp³-hybridized carbons (Fsp3) is 0.235. The molecular formula is C17H16N2O3. The van der Waals surface area contributed by atoms with Crippen molar-refractivity contribution in [3.8, 4) is 5.75 Å². The number of ether oxygens (including phenoxy) is 1. The van der Waals surface area contributed by atoms with Gasteiger partial charge in [0.25, 0.3) is 5.69 Å². The van der Waals surface area contributed by atoms with Crippen molar-refractivity contribution in [1.29, 1.82) is 5.41 Å². The predicted molar refractivity (Wildman–Crippen MR) is 84.0 cm³/mol. The second kappa shape index (κ2) is 5.60. The molecule has 0 fully saturated rings. The van der Waals surface area contributed by atoms with Crippen LogP contribution in [0.15, 0.2) is 42.5 Å². The largest absolute Gasteiger partial charge is 0.497 e. The second-order valence-electron chi connectivity index (χ2n) is 5.45. The van der Waals surface area contributed by atoms with Gasteiger partial charge >= 0.3 is 0 Å². The van der Waals surface area contributed by atoms with Gasteiger partial charge in [0, 0.05) is 30.2 Å². The first-order valence-corrected chi connectivity index (χ1v) is 7.06. The van der Waals surface area contributed by atoms with Gasteiger partial charge in [0.05, 0.1) is 12.0 Å². The molecule has 1 N–H and O–H groups in total. The summed E-state index contributed by atoms with van der Waals surface area (Å²) in [4.78, 5) is 10.6. The second-order valence-corrected chi connectivity index (χ2v) is 5.45. The van der Waals surface area contributed by atoms with Gasteiger partial charge in [-0.2, -0.15) is 0 Å². The number of nitrogens with zero attached hydrogens (tertiary/aromatic N) is 1. The maximum absolute atomic E-state index is 11.0. The first kappa shape index (κ1) is 14.3. The van der Waals surface area contributed by atoms with E-state index in [1.54, 1.807) is 19.2 Å². The molecule has 0 bridgehead atoms. The Balaban J connectivity index is 2.10. The first-order chi connectivity index (χ1) is 10.6. The van der Waals surface area contributed by atoms with Gasteiger partial charge in [0.2, 0.25) is 0 Å². The molecule has 2 aromatic carbocycles. The van der Waals surface area contributed by atoms with Crippen LogP contribution < -0.4 is 4.74 Å². The molecule has 0 radical (unpaired) electrons. The zero-order valence-corrected chi connectivity index (χ0v) is 12.2. The van der Waals surface area contributed by atoms with Crippen molar-refractivity contribution < 1.29 is 9.66 Å². The number of methoxy groups -OCH3 is 1. The molecule has 0 saturated carbocycles. The number of benzene rings is 2. The third kappa shape index (κ3) is 2.57. The van der Waals surface area contributed by atoms with Gasteiger partial charge in [-0.3, -0.25) is 10.1 Å². The zero-order valence-electron chi connectivity index (χ0n) is 12.2. The van der Waals surface area contributed by atoms with E-state index in [1.807, 2.05) is 24.3 Å². The number of rotatable bonds is 3. The molecule has 0 amide bonds. The number of nitrogens with one attached hydrogen (secondary N) is 1. The highest BCUT2D eigenvalue weighted by atomic mass is 16.6. The Morgan fingerprint density at radius 3 is 2.82 bits per heavy atom. The van der Waals surface area contributed by atoms with Crippen LogP contribution in [0.1, 0.15) is 29.0 Å². The maximum Gasteiger partial charge on any atom is 0.269 e. The first-order valence-electron chi connectivity index (χ1n) is 7.06. The van der Waals surface area contributed by atoms with E-state index in [1.165, 1.54) is 6.07 Å². The van der Waals surface area contributed by atoms with Crippen LogP contribution in [0.4, 0.5) is 5.69 Å². The molecule has 0 heterocycles. The Morgan fingerprint density at radius 2 is 2.09 bits per heavy atom. The number of non-ortho nitro benzene ring substituents is 1. The lowest BCUT2D eigenvalue weighted by Crippen LogP contribution is -2.19. The van der Waals surface area contributed by atoms with E-state index in [4.69, 9.17) is 10.1 Å². The van der Waals surface area contributed by atoms with E-state index >= 15 is 0 Å². The van der Waals surface area contributed by atoms with Crippen LogP contribution in [0.5, 0.6) is 5.75 Å². The van der Waals surface area contributed by atoms with Crippen LogP contribution in [0, 0.1) is 15.5 Å². The number of fused-ring (bicyclic) bond motifs is 1. The lowest BCUT2D eigenvalue weighted by molar-refractivity contribution is -0.384. The number of hydrogen-bond donors (Lipinski definition) is 1. The highest BCUT2D eigenvalue weighted by Gasteiger charge is 2.26. The molecule has 0 saturated heterocycles. The Morgan fingerprint density at radius 1 is 1.27 bits per heavy atom. The van der Waals surface area contributed by atoms with E-state index < -0.39 is 0 Å². The van der Waals surface area contributed by atoms with Crippen molar-refractivity contribution in [2.75, 3.05) is 7.11 Å². The molecule has 22 heavy (non-hydrogen) atoms. The maximum atomic E-state index is 11.0. The van der Waals surface area contributed by atoms with Gasteiger partial charge in [0.15, 0.2) is 0 Å². The van der Waals surface area contributed by atoms with Crippen LogP contribution in [-0.2, 0) is 6.42 Å². The van der Waals surface area contributed by atoms with Gasteiger partial charge in [-0.05, 0) is 35.2 Å². The summed E-state index contributed by atoms with van der Waals surface area (Å²) in [6.45, 7) is 0. The summed E-state index contributed by atoms with van der Waals surface area (Å²) in [6.07, 6.45) is 1.21. The monoisotopic (exact) mass is 296 g/mol. The molecule has 2 aromatic rings. The summed E-state index contributed by atoms with van der Waals surface area (Å²) < 4.78 is 5.29. The van der Waals surface area contributed by atoms with Gasteiger partial charge in [-0.25, -0.2) is 0 Å². The Bertz CT molecular complexity index is 755. The smallest absolute Gasteiger partial charge is 0.269 e. The molecule has 5 heteroatoms. The van der Waals surface area contributed by atoms with Gasteiger partial charge in [-0.1, -0.05) is 18.2 Å². The SMILES string of the molecule is COc1ccc2c(c1)C(c1cccc([N+](=O)[O-])c1)CC(=N)C2. The molecule has 0 spiro atoms. The molecule has 5 nitrogen and oxygen atoms in total. The molecular weight excluding hydrogens is 280 g/mol. The number of nitro groups is 1. The molecule has 1 aliphatic rings. The minimum atomic E-state index is -0.385. The van der Waals surface area contributed by atoms with Crippen LogP contribution >= 0.6 is 0 Å². The van der Waals surface area contributed by atoms with Crippen molar-refractivity contribution >= 4 is 11.4 Å². The lowest BCUT2D eigenvalue weighted by atomic mass is 9.78. The molecule has 1 atom stereocenters. The Kier molecular flexibility index (Phi) is 3.63. The third-order valence-corrected chi connectivity index (χ3v) is 4.07. The van der Waals surface area contributed by atoms with Crippen LogP contribution in [0.2, 0.25) is 0 Å². The fourth-order valence-corrected chi connectivity index (χ4v) is 3.00. The van der Waals surface area contributed by atoms with E-state index in [0.717, 1.165) is 22.4 Å². The standard InChI is InChI=1S/C17H16N2O3/c1-22-15-6-5-12-7-13(18)9-16(17(12)10-15)11-3-2-4-14(8-11)19(20)21/h2-6,8,10,16,18H,7,9H2,1H3. The quantitative estimate of drug-likeness (QED) is 0.693. The highest BCUT2D eigenvalue weighted by Crippen LogP contribution is 2.38. The normalized spacial score (nSPS) is 17.0. The average molecular weight is 296 g/mol. The Labute approximate surface area is 128 Å². The summed E-state index contributed by atoms with van der Waals surface area (Å²) >= 11 is 0. The number of hydrogen-bond acceptors (Lipinski definition) is 4. The number of nitro benzene ring substituents is 1. The summed E-state index contributed by atoms with van der Waals surface area (Å²) in [7, 11) is 1.62. The van der Waals surface area contributed by atoms with Crippen molar-refractivity contribution in [3.63, 3.8) is 0 Å². The molecule has 1 unspecified atom stereocenters. The van der Waals surface area contributed by atoms with E-state index in [9.17, 15) is 10.1 Å². The Hall–Kier alpha value is -2.69.